The van der Waals surface area contributed by atoms with Gasteiger partial charge in [-0.3, -0.25) is 4.90 Å². The maximum atomic E-state index is 3.67. The van der Waals surface area contributed by atoms with Crippen molar-refractivity contribution in [2.24, 2.45) is 0 Å². The van der Waals surface area contributed by atoms with Crippen LogP contribution in [0.5, 0.6) is 0 Å². The van der Waals surface area contributed by atoms with E-state index in [4.69, 9.17) is 0 Å². The summed E-state index contributed by atoms with van der Waals surface area (Å²) in [7, 11) is 0. The van der Waals surface area contributed by atoms with Gasteiger partial charge in [0.05, 0.1) is 0 Å². The highest BCUT2D eigenvalue weighted by Gasteiger charge is 2.16. The van der Waals surface area contributed by atoms with Gasteiger partial charge in [-0.15, -0.1) is 0 Å². The fourth-order valence-corrected chi connectivity index (χ4v) is 2.40. The third kappa shape index (κ3) is 4.52. The average molecular weight is 212 g/mol. The van der Waals surface area contributed by atoms with Crippen LogP contribution >= 0.6 is 0 Å². The van der Waals surface area contributed by atoms with E-state index in [9.17, 15) is 0 Å². The monoisotopic (exact) mass is 212 g/mol. The second kappa shape index (κ2) is 7.24. The molecular weight excluding hydrogens is 184 g/mol. The number of rotatable bonds is 6. The van der Waals surface area contributed by atoms with E-state index in [0.717, 1.165) is 12.6 Å². The van der Waals surface area contributed by atoms with Gasteiger partial charge in [0.15, 0.2) is 0 Å². The number of nitrogens with zero attached hydrogens (tertiary/aromatic N) is 1. The second-order valence-electron chi connectivity index (χ2n) is 4.87. The average Bonchev–Trinajstić information content (AvgIpc) is 2.31. The minimum atomic E-state index is 0.714. The van der Waals surface area contributed by atoms with E-state index in [1.165, 1.54) is 45.2 Å². The SMILES string of the molecule is CCC(CC)NCC(C)N1CCCCC1. The van der Waals surface area contributed by atoms with Gasteiger partial charge in [-0.2, -0.15) is 0 Å². The summed E-state index contributed by atoms with van der Waals surface area (Å²) in [5.74, 6) is 0. The molecule has 90 valence electrons. The van der Waals surface area contributed by atoms with Crippen molar-refractivity contribution in [3.05, 3.63) is 0 Å². The van der Waals surface area contributed by atoms with Crippen molar-refractivity contribution < 1.29 is 0 Å². The van der Waals surface area contributed by atoms with Crippen LogP contribution in [-0.4, -0.2) is 36.6 Å². The maximum absolute atomic E-state index is 3.67. The number of piperidine rings is 1. The summed E-state index contributed by atoms with van der Waals surface area (Å²) < 4.78 is 0. The smallest absolute Gasteiger partial charge is 0.0192 e. The summed E-state index contributed by atoms with van der Waals surface area (Å²) in [5.41, 5.74) is 0. The Morgan fingerprint density at radius 1 is 1.07 bits per heavy atom. The molecule has 0 aromatic heterocycles. The minimum Gasteiger partial charge on any atom is -0.312 e. The Morgan fingerprint density at radius 3 is 2.20 bits per heavy atom. The molecule has 1 aliphatic rings. The molecule has 2 heteroatoms. The van der Waals surface area contributed by atoms with E-state index in [0.29, 0.717) is 6.04 Å². The molecular formula is C13H28N2. The zero-order valence-electron chi connectivity index (χ0n) is 10.8. The molecule has 0 bridgehead atoms. The third-order valence-corrected chi connectivity index (χ3v) is 3.70. The van der Waals surface area contributed by atoms with Crippen LogP contribution in [0.2, 0.25) is 0 Å². The number of hydrogen-bond acceptors (Lipinski definition) is 2. The van der Waals surface area contributed by atoms with Crippen LogP contribution in [0.15, 0.2) is 0 Å². The zero-order valence-corrected chi connectivity index (χ0v) is 10.8. The summed E-state index contributed by atoms with van der Waals surface area (Å²) in [5, 5.41) is 3.67. The van der Waals surface area contributed by atoms with Crippen molar-refractivity contribution in [1.82, 2.24) is 10.2 Å². The van der Waals surface area contributed by atoms with E-state index in [1.54, 1.807) is 0 Å². The van der Waals surface area contributed by atoms with Crippen molar-refractivity contribution in [2.75, 3.05) is 19.6 Å². The van der Waals surface area contributed by atoms with Gasteiger partial charge in [0.2, 0.25) is 0 Å². The number of likely N-dealkylation sites (tertiary alicyclic amines) is 1. The molecule has 0 spiro atoms. The van der Waals surface area contributed by atoms with Gasteiger partial charge in [0.1, 0.15) is 0 Å². The predicted octanol–water partition coefficient (Wildman–Crippen LogP) is 2.64. The normalized spacial score (nSPS) is 20.8. The summed E-state index contributed by atoms with van der Waals surface area (Å²) in [6, 6.07) is 1.43. The molecule has 0 aromatic rings. The standard InChI is InChI=1S/C13H28N2/c1-4-13(5-2)14-11-12(3)15-9-7-6-8-10-15/h12-14H,4-11H2,1-3H3. The van der Waals surface area contributed by atoms with Crippen molar-refractivity contribution in [1.29, 1.82) is 0 Å². The molecule has 0 aromatic carbocycles. The highest BCUT2D eigenvalue weighted by Crippen LogP contribution is 2.11. The molecule has 1 saturated heterocycles. The highest BCUT2D eigenvalue weighted by molar-refractivity contribution is 4.75. The van der Waals surface area contributed by atoms with Crippen molar-refractivity contribution in [2.45, 2.75) is 65.0 Å². The van der Waals surface area contributed by atoms with Crippen LogP contribution in [-0.2, 0) is 0 Å². The fourth-order valence-electron chi connectivity index (χ4n) is 2.40. The van der Waals surface area contributed by atoms with Crippen LogP contribution in [0.4, 0.5) is 0 Å². The van der Waals surface area contributed by atoms with Crippen molar-refractivity contribution >= 4 is 0 Å². The molecule has 1 unspecified atom stereocenters. The van der Waals surface area contributed by atoms with Crippen LogP contribution in [0.3, 0.4) is 0 Å². The van der Waals surface area contributed by atoms with Gasteiger partial charge in [0, 0.05) is 18.6 Å². The first-order valence-electron chi connectivity index (χ1n) is 6.75. The van der Waals surface area contributed by atoms with E-state index < -0.39 is 0 Å². The molecule has 0 radical (unpaired) electrons. The van der Waals surface area contributed by atoms with E-state index in [1.807, 2.05) is 0 Å². The molecule has 15 heavy (non-hydrogen) atoms. The predicted molar refractivity (Wildman–Crippen MR) is 67.3 cm³/mol. The Bertz CT molecular complexity index is 149. The second-order valence-corrected chi connectivity index (χ2v) is 4.87. The van der Waals surface area contributed by atoms with Gasteiger partial charge in [-0.25, -0.2) is 0 Å². The van der Waals surface area contributed by atoms with Crippen molar-refractivity contribution in [3.8, 4) is 0 Å². The van der Waals surface area contributed by atoms with E-state index >= 15 is 0 Å². The van der Waals surface area contributed by atoms with Gasteiger partial charge in [-0.1, -0.05) is 20.3 Å². The third-order valence-electron chi connectivity index (χ3n) is 3.70. The molecule has 0 aliphatic carbocycles. The lowest BCUT2D eigenvalue weighted by Gasteiger charge is -2.33. The quantitative estimate of drug-likeness (QED) is 0.728. The number of nitrogens with one attached hydrogen (secondary N) is 1. The molecule has 1 atom stereocenters. The fraction of sp³-hybridized carbons (Fsp3) is 1.00. The van der Waals surface area contributed by atoms with Gasteiger partial charge < -0.3 is 5.32 Å². The first kappa shape index (κ1) is 13.0. The maximum Gasteiger partial charge on any atom is 0.0192 e. The summed E-state index contributed by atoms with van der Waals surface area (Å²) >= 11 is 0. The lowest BCUT2D eigenvalue weighted by Crippen LogP contribution is -2.45. The van der Waals surface area contributed by atoms with Gasteiger partial charge >= 0.3 is 0 Å². The Morgan fingerprint density at radius 2 is 1.67 bits per heavy atom. The largest absolute Gasteiger partial charge is 0.312 e. The first-order chi connectivity index (χ1) is 7.27. The Hall–Kier alpha value is -0.0800. The molecule has 0 saturated carbocycles. The Kier molecular flexibility index (Phi) is 6.26. The van der Waals surface area contributed by atoms with Crippen LogP contribution in [0.25, 0.3) is 0 Å². The van der Waals surface area contributed by atoms with Crippen LogP contribution < -0.4 is 5.32 Å². The van der Waals surface area contributed by atoms with Crippen LogP contribution in [0, 0.1) is 0 Å². The summed E-state index contributed by atoms with van der Waals surface area (Å²) in [6.07, 6.45) is 6.74. The molecule has 1 fully saturated rings. The molecule has 2 nitrogen and oxygen atoms in total. The number of hydrogen-bond donors (Lipinski definition) is 1. The zero-order chi connectivity index (χ0) is 11.1. The minimum absolute atomic E-state index is 0.714. The lowest BCUT2D eigenvalue weighted by atomic mass is 10.1. The topological polar surface area (TPSA) is 15.3 Å². The lowest BCUT2D eigenvalue weighted by molar-refractivity contribution is 0.167. The Labute approximate surface area is 95.4 Å². The van der Waals surface area contributed by atoms with E-state index in [-0.39, 0.29) is 0 Å². The highest BCUT2D eigenvalue weighted by atomic mass is 15.2. The first-order valence-corrected chi connectivity index (χ1v) is 6.75. The molecule has 0 amide bonds. The van der Waals surface area contributed by atoms with E-state index in [2.05, 4.69) is 31.0 Å². The molecule has 1 heterocycles. The molecule has 1 aliphatic heterocycles. The summed E-state index contributed by atoms with van der Waals surface area (Å²) in [6.45, 7) is 10.7. The van der Waals surface area contributed by atoms with Gasteiger partial charge in [-0.05, 0) is 45.7 Å². The van der Waals surface area contributed by atoms with Gasteiger partial charge in [0.25, 0.3) is 0 Å². The summed E-state index contributed by atoms with van der Waals surface area (Å²) in [4.78, 5) is 2.64. The van der Waals surface area contributed by atoms with Crippen LogP contribution in [0.1, 0.15) is 52.9 Å². The molecule has 1 rings (SSSR count). The Balaban J connectivity index is 2.18. The van der Waals surface area contributed by atoms with Crippen molar-refractivity contribution in [3.63, 3.8) is 0 Å². The molecule has 1 N–H and O–H groups in total.